The third-order valence-electron chi connectivity index (χ3n) is 5.06. The number of piperidine rings is 1. The minimum Gasteiger partial charge on any atom is -0.357 e. The van der Waals surface area contributed by atoms with Crippen molar-refractivity contribution in [3.63, 3.8) is 0 Å². The third kappa shape index (κ3) is 8.64. The van der Waals surface area contributed by atoms with Crippen molar-refractivity contribution in [2.45, 2.75) is 52.0 Å². The Labute approximate surface area is 174 Å². The van der Waals surface area contributed by atoms with Crippen molar-refractivity contribution in [1.29, 1.82) is 0 Å². The highest BCUT2D eigenvalue weighted by atomic mass is 16.6. The van der Waals surface area contributed by atoms with Gasteiger partial charge in [-0.3, -0.25) is 20.0 Å². The molecule has 0 bridgehead atoms. The first-order valence-corrected chi connectivity index (χ1v) is 10.6. The molecule has 0 saturated carbocycles. The van der Waals surface area contributed by atoms with Crippen molar-refractivity contribution in [3.05, 3.63) is 52.1 Å². The normalized spacial score (nSPS) is 15.9. The Hall–Kier alpha value is -2.41. The number of guanidine groups is 1. The maximum absolute atomic E-state index is 10.7. The molecule has 0 aromatic heterocycles. The van der Waals surface area contributed by atoms with Crippen LogP contribution in [0, 0.1) is 10.1 Å². The summed E-state index contributed by atoms with van der Waals surface area (Å²) < 4.78 is 0. The van der Waals surface area contributed by atoms with E-state index in [2.05, 4.69) is 36.0 Å². The van der Waals surface area contributed by atoms with Crippen LogP contribution in [-0.4, -0.2) is 54.5 Å². The minimum atomic E-state index is -0.363. The number of nitro benzene ring substituents is 1. The zero-order valence-corrected chi connectivity index (χ0v) is 17.8. The van der Waals surface area contributed by atoms with Crippen molar-refractivity contribution in [1.82, 2.24) is 15.5 Å². The number of non-ortho nitro benzene ring substituents is 1. The lowest BCUT2D eigenvalue weighted by molar-refractivity contribution is -0.384. The Morgan fingerprint density at radius 2 is 1.97 bits per heavy atom. The van der Waals surface area contributed by atoms with Crippen molar-refractivity contribution in [3.8, 4) is 0 Å². The van der Waals surface area contributed by atoms with E-state index < -0.39 is 0 Å². The number of nitro groups is 1. The van der Waals surface area contributed by atoms with Gasteiger partial charge in [0.15, 0.2) is 5.96 Å². The van der Waals surface area contributed by atoms with Crippen LogP contribution in [0.25, 0.3) is 0 Å². The quantitative estimate of drug-likeness (QED) is 0.157. The smallest absolute Gasteiger partial charge is 0.269 e. The van der Waals surface area contributed by atoms with Gasteiger partial charge in [-0.15, -0.1) is 0 Å². The molecule has 0 radical (unpaired) electrons. The summed E-state index contributed by atoms with van der Waals surface area (Å²) in [5.41, 5.74) is 2.50. The van der Waals surface area contributed by atoms with E-state index in [1.54, 1.807) is 12.1 Å². The number of nitrogens with zero attached hydrogens (tertiary/aromatic N) is 3. The first-order chi connectivity index (χ1) is 14.0. The standard InChI is InChI=1S/C22H35N5O2/c1-4-23-22(25-20-12-15-26(16-13-20)17-18(2)3)24-14-6-5-7-19-8-10-21(11-9-19)27(28)29/h8-11,20H,2,4-7,12-17H2,1,3H3,(H2,23,24,25). The largest absolute Gasteiger partial charge is 0.357 e. The topological polar surface area (TPSA) is 82.8 Å². The number of hydrogen-bond donors (Lipinski definition) is 2. The molecule has 1 saturated heterocycles. The molecule has 0 amide bonds. The van der Waals surface area contributed by atoms with E-state index in [0.29, 0.717) is 6.04 Å². The van der Waals surface area contributed by atoms with Crippen LogP contribution in [0.15, 0.2) is 41.4 Å². The molecule has 7 heteroatoms. The Morgan fingerprint density at radius 3 is 2.55 bits per heavy atom. The molecule has 1 aliphatic rings. The first-order valence-electron chi connectivity index (χ1n) is 10.6. The maximum atomic E-state index is 10.7. The molecule has 0 aliphatic carbocycles. The average Bonchev–Trinajstić information content (AvgIpc) is 2.69. The Morgan fingerprint density at radius 1 is 1.28 bits per heavy atom. The van der Waals surface area contributed by atoms with Gasteiger partial charge in [0.25, 0.3) is 5.69 Å². The first kappa shape index (κ1) is 22.9. The summed E-state index contributed by atoms with van der Waals surface area (Å²) in [6.07, 6.45) is 5.17. The summed E-state index contributed by atoms with van der Waals surface area (Å²) in [5.74, 6) is 0.904. The van der Waals surface area contributed by atoms with E-state index >= 15 is 0 Å². The molecule has 1 fully saturated rings. The maximum Gasteiger partial charge on any atom is 0.269 e. The zero-order chi connectivity index (χ0) is 21.1. The van der Waals surface area contributed by atoms with E-state index in [-0.39, 0.29) is 10.6 Å². The molecule has 29 heavy (non-hydrogen) atoms. The number of aliphatic imine (C=N–C) groups is 1. The van der Waals surface area contributed by atoms with E-state index in [1.807, 2.05) is 12.1 Å². The molecular weight excluding hydrogens is 366 g/mol. The summed E-state index contributed by atoms with van der Waals surface area (Å²) in [5, 5.41) is 17.6. The van der Waals surface area contributed by atoms with Crippen LogP contribution in [0.4, 0.5) is 5.69 Å². The monoisotopic (exact) mass is 401 g/mol. The molecule has 0 atom stereocenters. The SMILES string of the molecule is C=C(C)CN1CCC(NC(=NCCCCc2ccc([N+](=O)[O-])cc2)NCC)CC1. The van der Waals surface area contributed by atoms with Crippen LogP contribution in [0.3, 0.4) is 0 Å². The van der Waals surface area contributed by atoms with Crippen LogP contribution >= 0.6 is 0 Å². The highest BCUT2D eigenvalue weighted by Gasteiger charge is 2.19. The van der Waals surface area contributed by atoms with E-state index in [1.165, 1.54) is 5.57 Å². The summed E-state index contributed by atoms with van der Waals surface area (Å²) in [6.45, 7) is 13.0. The van der Waals surface area contributed by atoms with Gasteiger partial charge in [-0.1, -0.05) is 24.3 Å². The van der Waals surface area contributed by atoms with Crippen molar-refractivity contribution < 1.29 is 4.92 Å². The predicted octanol–water partition coefficient (Wildman–Crippen LogP) is 3.51. The lowest BCUT2D eigenvalue weighted by Crippen LogP contribution is -2.48. The van der Waals surface area contributed by atoms with Gasteiger partial charge in [-0.25, -0.2) is 0 Å². The van der Waals surface area contributed by atoms with Crippen molar-refractivity contribution in [2.24, 2.45) is 4.99 Å². The Bertz CT molecular complexity index is 679. The van der Waals surface area contributed by atoms with E-state index in [9.17, 15) is 10.1 Å². The van der Waals surface area contributed by atoms with Crippen LogP contribution in [0.5, 0.6) is 0 Å². The van der Waals surface area contributed by atoms with Gasteiger partial charge in [0.05, 0.1) is 4.92 Å². The van der Waals surface area contributed by atoms with Gasteiger partial charge in [-0.2, -0.15) is 0 Å². The van der Waals surface area contributed by atoms with Crippen LogP contribution in [0.1, 0.15) is 45.1 Å². The number of benzene rings is 1. The third-order valence-corrected chi connectivity index (χ3v) is 5.06. The fraction of sp³-hybridized carbons (Fsp3) is 0.591. The molecule has 160 valence electrons. The molecule has 7 nitrogen and oxygen atoms in total. The second-order valence-corrected chi connectivity index (χ2v) is 7.79. The number of hydrogen-bond acceptors (Lipinski definition) is 4. The van der Waals surface area contributed by atoms with Gasteiger partial charge in [0.1, 0.15) is 0 Å². The number of likely N-dealkylation sites (tertiary alicyclic amines) is 1. The van der Waals surface area contributed by atoms with Gasteiger partial charge in [-0.05, 0) is 51.5 Å². The molecule has 1 heterocycles. The van der Waals surface area contributed by atoms with Gasteiger partial charge >= 0.3 is 0 Å². The highest BCUT2D eigenvalue weighted by molar-refractivity contribution is 5.80. The van der Waals surface area contributed by atoms with Crippen LogP contribution in [-0.2, 0) is 6.42 Å². The van der Waals surface area contributed by atoms with Crippen LogP contribution < -0.4 is 10.6 Å². The molecule has 2 rings (SSSR count). The zero-order valence-electron chi connectivity index (χ0n) is 17.8. The van der Waals surface area contributed by atoms with Gasteiger partial charge in [0.2, 0.25) is 0 Å². The van der Waals surface area contributed by atoms with Crippen LogP contribution in [0.2, 0.25) is 0 Å². The molecule has 0 unspecified atom stereocenters. The lowest BCUT2D eigenvalue weighted by Gasteiger charge is -2.33. The number of unbranched alkanes of at least 4 members (excludes halogenated alkanes) is 1. The molecule has 1 aromatic carbocycles. The van der Waals surface area contributed by atoms with Crippen molar-refractivity contribution in [2.75, 3.05) is 32.7 Å². The second kappa shape index (κ2) is 12.2. The summed E-state index contributed by atoms with van der Waals surface area (Å²) in [6, 6.07) is 7.29. The minimum absolute atomic E-state index is 0.144. The van der Waals surface area contributed by atoms with Gasteiger partial charge in [0, 0.05) is 50.9 Å². The predicted molar refractivity (Wildman–Crippen MR) is 119 cm³/mol. The summed E-state index contributed by atoms with van der Waals surface area (Å²) in [4.78, 5) is 17.5. The van der Waals surface area contributed by atoms with Crippen molar-refractivity contribution >= 4 is 11.6 Å². The van der Waals surface area contributed by atoms with Gasteiger partial charge < -0.3 is 10.6 Å². The molecular formula is C22H35N5O2. The molecule has 2 N–H and O–H groups in total. The molecule has 0 spiro atoms. The fourth-order valence-electron chi connectivity index (χ4n) is 3.55. The number of nitrogens with one attached hydrogen (secondary N) is 2. The average molecular weight is 402 g/mol. The number of rotatable bonds is 10. The van der Waals surface area contributed by atoms with E-state index in [0.717, 1.165) is 76.4 Å². The molecule has 1 aliphatic heterocycles. The summed E-state index contributed by atoms with van der Waals surface area (Å²) in [7, 11) is 0. The van der Waals surface area contributed by atoms with E-state index in [4.69, 9.17) is 4.99 Å². The lowest BCUT2D eigenvalue weighted by atomic mass is 10.0. The Kier molecular flexibility index (Phi) is 9.64. The fourth-order valence-corrected chi connectivity index (χ4v) is 3.55. The summed E-state index contributed by atoms with van der Waals surface area (Å²) >= 11 is 0. The number of aryl methyl sites for hydroxylation is 1. The Balaban J connectivity index is 1.70. The highest BCUT2D eigenvalue weighted by Crippen LogP contribution is 2.14. The molecule has 1 aromatic rings. The second-order valence-electron chi connectivity index (χ2n) is 7.79.